The number of carbonyl (C=O) groups excluding carboxylic acids is 1. The minimum Gasteiger partial charge on any atom is -0.342 e. The number of thioether (sulfide) groups is 1. The Morgan fingerprint density at radius 2 is 1.90 bits per heavy atom. The lowest BCUT2D eigenvalue weighted by molar-refractivity contribution is -0.128. The number of aryl methyl sites for hydroxylation is 1. The molecule has 0 aliphatic carbocycles. The number of thiophene rings is 1. The van der Waals surface area contributed by atoms with Crippen molar-refractivity contribution in [3.63, 3.8) is 0 Å². The Labute approximate surface area is 179 Å². The molecule has 0 atom stereocenters. The van der Waals surface area contributed by atoms with Gasteiger partial charge in [-0.15, -0.1) is 11.3 Å². The second-order valence-electron chi connectivity index (χ2n) is 6.87. The van der Waals surface area contributed by atoms with E-state index in [0.717, 1.165) is 32.4 Å². The highest BCUT2D eigenvalue weighted by Crippen LogP contribution is 2.20. The lowest BCUT2D eigenvalue weighted by Gasteiger charge is -2.21. The average Bonchev–Trinajstić information content (AvgIpc) is 3.25. The zero-order chi connectivity index (χ0) is 20.6. The molecule has 29 heavy (non-hydrogen) atoms. The van der Waals surface area contributed by atoms with E-state index in [9.17, 15) is 9.59 Å². The topological polar surface area (TPSA) is 55.2 Å². The molecule has 7 heteroatoms. The summed E-state index contributed by atoms with van der Waals surface area (Å²) in [6.07, 6.45) is 2.66. The number of carbonyl (C=O) groups is 1. The quantitative estimate of drug-likeness (QED) is 0.353. The molecule has 3 aromatic rings. The number of aromatic nitrogens is 2. The largest absolute Gasteiger partial charge is 0.342 e. The number of hydrogen-bond donors (Lipinski definition) is 0. The third-order valence-electron chi connectivity index (χ3n) is 4.65. The molecule has 0 fully saturated rings. The molecule has 0 saturated heterocycles. The summed E-state index contributed by atoms with van der Waals surface area (Å²) in [7, 11) is 0. The first-order valence-corrected chi connectivity index (χ1v) is 11.9. The van der Waals surface area contributed by atoms with Gasteiger partial charge in [-0.05, 0) is 42.8 Å². The van der Waals surface area contributed by atoms with Crippen LogP contribution in [-0.2, 0) is 17.8 Å². The fourth-order valence-electron chi connectivity index (χ4n) is 3.25. The van der Waals surface area contributed by atoms with Gasteiger partial charge in [0, 0.05) is 24.5 Å². The number of hydrogen-bond acceptors (Lipinski definition) is 5. The Bertz CT molecular complexity index is 993. The van der Waals surface area contributed by atoms with Gasteiger partial charge in [-0.25, -0.2) is 4.98 Å². The highest BCUT2D eigenvalue weighted by molar-refractivity contribution is 7.99. The maximum atomic E-state index is 13.1. The van der Waals surface area contributed by atoms with Crippen molar-refractivity contribution in [3.8, 4) is 0 Å². The van der Waals surface area contributed by atoms with Crippen LogP contribution in [0.4, 0.5) is 0 Å². The minimum atomic E-state index is -0.0407. The molecule has 2 heterocycles. The molecule has 3 rings (SSSR count). The van der Waals surface area contributed by atoms with Crippen LogP contribution in [0.25, 0.3) is 10.9 Å². The van der Waals surface area contributed by atoms with Gasteiger partial charge in [-0.1, -0.05) is 43.8 Å². The zero-order valence-electron chi connectivity index (χ0n) is 17.0. The van der Waals surface area contributed by atoms with Gasteiger partial charge in [-0.2, -0.15) is 0 Å². The number of nitrogens with zero attached hydrogens (tertiary/aromatic N) is 3. The first kappa shape index (κ1) is 21.6. The van der Waals surface area contributed by atoms with Crippen molar-refractivity contribution in [2.75, 3.05) is 18.8 Å². The molecule has 0 spiro atoms. The smallest absolute Gasteiger partial charge is 0.262 e. The van der Waals surface area contributed by atoms with Crippen LogP contribution in [0.15, 0.2) is 51.7 Å². The number of para-hydroxylation sites is 1. The van der Waals surface area contributed by atoms with E-state index in [-0.39, 0.29) is 11.5 Å². The highest BCUT2D eigenvalue weighted by atomic mass is 32.2. The van der Waals surface area contributed by atoms with Crippen LogP contribution in [0, 0.1) is 0 Å². The molecule has 154 valence electrons. The van der Waals surface area contributed by atoms with Gasteiger partial charge in [-0.3, -0.25) is 14.2 Å². The lowest BCUT2D eigenvalue weighted by atomic mass is 10.2. The fourth-order valence-corrected chi connectivity index (χ4v) is 4.88. The molecule has 1 amide bonds. The molecule has 0 bridgehead atoms. The molecule has 0 aliphatic rings. The third kappa shape index (κ3) is 5.48. The van der Waals surface area contributed by atoms with Crippen molar-refractivity contribution in [3.05, 3.63) is 57.0 Å². The number of benzene rings is 1. The van der Waals surface area contributed by atoms with Crippen molar-refractivity contribution in [1.82, 2.24) is 14.5 Å². The van der Waals surface area contributed by atoms with Crippen molar-refractivity contribution >= 4 is 39.9 Å². The molecule has 1 aromatic carbocycles. The van der Waals surface area contributed by atoms with Gasteiger partial charge in [0.25, 0.3) is 5.56 Å². The first-order chi connectivity index (χ1) is 14.1. The Morgan fingerprint density at radius 3 is 2.59 bits per heavy atom. The van der Waals surface area contributed by atoms with Gasteiger partial charge in [0.1, 0.15) is 0 Å². The number of rotatable bonds is 10. The molecule has 2 aromatic heterocycles. The van der Waals surface area contributed by atoms with E-state index in [1.165, 1.54) is 16.6 Å². The SMILES string of the molecule is CCCN(CCC)C(=O)CSc1nc2ccccc2c(=O)n1CCc1cccs1. The van der Waals surface area contributed by atoms with Crippen molar-refractivity contribution in [1.29, 1.82) is 0 Å². The van der Waals surface area contributed by atoms with Gasteiger partial charge in [0.2, 0.25) is 5.91 Å². The molecule has 0 aliphatic heterocycles. The summed E-state index contributed by atoms with van der Waals surface area (Å²) in [6, 6.07) is 11.5. The van der Waals surface area contributed by atoms with Gasteiger partial charge < -0.3 is 4.90 Å². The van der Waals surface area contributed by atoms with E-state index in [1.807, 2.05) is 40.6 Å². The zero-order valence-corrected chi connectivity index (χ0v) is 18.6. The molecular weight excluding hydrogens is 402 g/mol. The van der Waals surface area contributed by atoms with Crippen LogP contribution in [0.2, 0.25) is 0 Å². The number of amides is 1. The number of fused-ring (bicyclic) bond motifs is 1. The summed E-state index contributed by atoms with van der Waals surface area (Å²) in [5.41, 5.74) is 0.639. The van der Waals surface area contributed by atoms with Crippen LogP contribution in [0.1, 0.15) is 31.6 Å². The molecule has 0 saturated carbocycles. The summed E-state index contributed by atoms with van der Waals surface area (Å²) < 4.78 is 1.73. The van der Waals surface area contributed by atoms with Crippen LogP contribution in [0.3, 0.4) is 0 Å². The normalized spacial score (nSPS) is 11.1. The van der Waals surface area contributed by atoms with E-state index in [4.69, 9.17) is 4.98 Å². The van der Waals surface area contributed by atoms with Gasteiger partial charge in [0.05, 0.1) is 16.7 Å². The fraction of sp³-hybridized carbons (Fsp3) is 0.409. The van der Waals surface area contributed by atoms with E-state index < -0.39 is 0 Å². The molecule has 0 radical (unpaired) electrons. The van der Waals surface area contributed by atoms with Crippen molar-refractivity contribution in [2.24, 2.45) is 0 Å². The minimum absolute atomic E-state index is 0.0407. The Balaban J connectivity index is 1.85. The molecule has 0 N–H and O–H groups in total. The predicted molar refractivity (Wildman–Crippen MR) is 122 cm³/mol. The van der Waals surface area contributed by atoms with Gasteiger partial charge >= 0.3 is 0 Å². The summed E-state index contributed by atoms with van der Waals surface area (Å²) in [5, 5.41) is 3.28. The Morgan fingerprint density at radius 1 is 1.14 bits per heavy atom. The lowest BCUT2D eigenvalue weighted by Crippen LogP contribution is -2.34. The molecular formula is C22H27N3O2S2. The van der Waals surface area contributed by atoms with Crippen molar-refractivity contribution < 1.29 is 4.79 Å². The standard InChI is InChI=1S/C22H27N3O2S2/c1-3-12-24(13-4-2)20(26)16-29-22-23-19-10-6-5-9-18(19)21(27)25(22)14-11-17-8-7-15-28-17/h5-10,15H,3-4,11-14,16H2,1-2H3. The second kappa shape index (κ2) is 10.6. The van der Waals surface area contributed by atoms with Gasteiger partial charge in [0.15, 0.2) is 5.16 Å². The Hall–Kier alpha value is -2.12. The summed E-state index contributed by atoms with van der Waals surface area (Å²) in [4.78, 5) is 33.7. The van der Waals surface area contributed by atoms with E-state index in [2.05, 4.69) is 19.9 Å². The Kier molecular flexibility index (Phi) is 7.89. The molecule has 0 unspecified atom stereocenters. The molecule has 5 nitrogen and oxygen atoms in total. The van der Waals surface area contributed by atoms with E-state index >= 15 is 0 Å². The highest BCUT2D eigenvalue weighted by Gasteiger charge is 2.16. The van der Waals surface area contributed by atoms with Crippen molar-refractivity contribution in [2.45, 2.75) is 44.8 Å². The first-order valence-electron chi connectivity index (χ1n) is 10.1. The monoisotopic (exact) mass is 429 g/mol. The third-order valence-corrected chi connectivity index (χ3v) is 6.55. The summed E-state index contributed by atoms with van der Waals surface area (Å²) in [5.74, 6) is 0.398. The van der Waals surface area contributed by atoms with E-state index in [0.29, 0.717) is 28.4 Å². The van der Waals surface area contributed by atoms with Crippen LogP contribution in [-0.4, -0.2) is 39.2 Å². The summed E-state index contributed by atoms with van der Waals surface area (Å²) in [6.45, 7) is 6.25. The van der Waals surface area contributed by atoms with Crippen LogP contribution < -0.4 is 5.56 Å². The predicted octanol–water partition coefficient (Wildman–Crippen LogP) is 4.44. The maximum absolute atomic E-state index is 13.1. The maximum Gasteiger partial charge on any atom is 0.262 e. The summed E-state index contributed by atoms with van der Waals surface area (Å²) >= 11 is 3.05. The average molecular weight is 430 g/mol. The van der Waals surface area contributed by atoms with Crippen LogP contribution >= 0.6 is 23.1 Å². The van der Waals surface area contributed by atoms with E-state index in [1.54, 1.807) is 15.9 Å². The second-order valence-corrected chi connectivity index (χ2v) is 8.84. The van der Waals surface area contributed by atoms with Crippen LogP contribution in [0.5, 0.6) is 0 Å².